The fourth-order valence-corrected chi connectivity index (χ4v) is 3.60. The van der Waals surface area contributed by atoms with E-state index in [1.165, 1.54) is 28.9 Å². The number of hydrogen-bond acceptors (Lipinski definition) is 6. The van der Waals surface area contributed by atoms with Crippen LogP contribution in [-0.4, -0.2) is 24.8 Å². The van der Waals surface area contributed by atoms with E-state index in [0.29, 0.717) is 6.54 Å². The van der Waals surface area contributed by atoms with Gasteiger partial charge in [0.25, 0.3) is 10.0 Å². The summed E-state index contributed by atoms with van der Waals surface area (Å²) in [6.07, 6.45) is 1.42. The number of sulfonamides is 1. The number of anilines is 1. The fourth-order valence-electron chi connectivity index (χ4n) is 1.56. The van der Waals surface area contributed by atoms with Gasteiger partial charge in [-0.15, -0.1) is 11.3 Å². The van der Waals surface area contributed by atoms with Gasteiger partial charge in [-0.1, -0.05) is 6.07 Å². The molecule has 0 saturated heterocycles. The first-order valence-corrected chi connectivity index (χ1v) is 7.78. The van der Waals surface area contributed by atoms with E-state index >= 15 is 0 Å². The van der Waals surface area contributed by atoms with Crippen LogP contribution in [-0.2, 0) is 16.6 Å². The summed E-state index contributed by atoms with van der Waals surface area (Å²) in [7, 11) is -2.15. The van der Waals surface area contributed by atoms with Crippen molar-refractivity contribution in [2.45, 2.75) is 11.6 Å². The van der Waals surface area contributed by atoms with E-state index < -0.39 is 10.0 Å². The van der Waals surface area contributed by atoms with E-state index in [4.69, 9.17) is 5.84 Å². The average molecular weight is 298 g/mol. The lowest BCUT2D eigenvalue weighted by molar-refractivity contribution is 0.467. The Labute approximate surface area is 115 Å². The smallest absolute Gasteiger partial charge is 0.262 e. The number of rotatable bonds is 5. The van der Waals surface area contributed by atoms with Gasteiger partial charge in [0.15, 0.2) is 5.03 Å². The fraction of sp³-hybridized carbons (Fsp3) is 0.182. The summed E-state index contributed by atoms with van der Waals surface area (Å²) < 4.78 is 26.1. The van der Waals surface area contributed by atoms with Crippen LogP contribution in [0.5, 0.6) is 0 Å². The van der Waals surface area contributed by atoms with E-state index in [1.54, 1.807) is 12.1 Å². The zero-order chi connectivity index (χ0) is 13.9. The van der Waals surface area contributed by atoms with E-state index in [0.717, 1.165) is 4.88 Å². The number of nitrogens with zero attached hydrogens (tertiary/aromatic N) is 2. The molecule has 3 N–H and O–H groups in total. The molecule has 2 heterocycles. The molecule has 8 heteroatoms. The van der Waals surface area contributed by atoms with Crippen molar-refractivity contribution < 1.29 is 8.42 Å². The molecule has 0 unspecified atom stereocenters. The van der Waals surface area contributed by atoms with Gasteiger partial charge in [0.1, 0.15) is 0 Å². The van der Waals surface area contributed by atoms with Crippen molar-refractivity contribution >= 4 is 27.0 Å². The number of aromatic nitrogens is 1. The summed E-state index contributed by atoms with van der Waals surface area (Å²) in [6.45, 7) is 0.306. The first kappa shape index (κ1) is 13.9. The maximum atomic E-state index is 12.4. The van der Waals surface area contributed by atoms with Crippen LogP contribution in [0.2, 0.25) is 0 Å². The Morgan fingerprint density at radius 3 is 2.84 bits per heavy atom. The molecule has 0 aliphatic rings. The van der Waals surface area contributed by atoms with Gasteiger partial charge in [-0.25, -0.2) is 13.4 Å². The third-order valence-electron chi connectivity index (χ3n) is 2.54. The lowest BCUT2D eigenvalue weighted by Crippen LogP contribution is -2.28. The second-order valence-corrected chi connectivity index (χ2v) is 6.83. The van der Waals surface area contributed by atoms with E-state index in [1.807, 2.05) is 17.5 Å². The molecule has 19 heavy (non-hydrogen) atoms. The lowest BCUT2D eigenvalue weighted by Gasteiger charge is -2.17. The summed E-state index contributed by atoms with van der Waals surface area (Å²) in [4.78, 5) is 4.87. The van der Waals surface area contributed by atoms with Crippen molar-refractivity contribution in [2.75, 3.05) is 12.5 Å². The number of hydrogen-bond donors (Lipinski definition) is 2. The third-order valence-corrected chi connectivity index (χ3v) is 5.16. The quantitative estimate of drug-likeness (QED) is 0.640. The van der Waals surface area contributed by atoms with Crippen molar-refractivity contribution in [2.24, 2.45) is 5.84 Å². The number of thiophene rings is 1. The summed E-state index contributed by atoms with van der Waals surface area (Å²) in [6, 6.07) is 6.96. The SMILES string of the molecule is CN(Cc1cccs1)S(=O)(=O)c1ncccc1NN. The third kappa shape index (κ3) is 2.92. The highest BCUT2D eigenvalue weighted by Gasteiger charge is 2.25. The standard InChI is InChI=1S/C11H14N4O2S2/c1-15(8-9-4-3-7-18-9)19(16,17)11-10(14-12)5-2-6-13-11/h2-7,14H,8,12H2,1H3. The molecule has 0 spiro atoms. The monoisotopic (exact) mass is 298 g/mol. The summed E-state index contributed by atoms with van der Waals surface area (Å²) in [5, 5.41) is 1.83. The number of nitrogens with one attached hydrogen (secondary N) is 1. The van der Waals surface area contributed by atoms with Crippen LogP contribution in [0, 0.1) is 0 Å². The number of pyridine rings is 1. The van der Waals surface area contributed by atoms with Gasteiger partial charge in [0.05, 0.1) is 5.69 Å². The highest BCUT2D eigenvalue weighted by Crippen LogP contribution is 2.22. The Morgan fingerprint density at radius 2 is 2.21 bits per heavy atom. The minimum Gasteiger partial charge on any atom is -0.321 e. The molecule has 0 bridgehead atoms. The Bertz CT molecular complexity index is 640. The van der Waals surface area contributed by atoms with Crippen molar-refractivity contribution in [3.8, 4) is 0 Å². The van der Waals surface area contributed by atoms with Gasteiger partial charge in [-0.2, -0.15) is 4.31 Å². The normalized spacial score (nSPS) is 11.7. The van der Waals surface area contributed by atoms with Crippen LogP contribution in [0.15, 0.2) is 40.9 Å². The molecule has 0 fully saturated rings. The molecule has 0 radical (unpaired) electrons. The number of nitrogen functional groups attached to an aromatic ring is 1. The number of hydrazine groups is 1. The highest BCUT2D eigenvalue weighted by atomic mass is 32.2. The topological polar surface area (TPSA) is 88.3 Å². The van der Waals surface area contributed by atoms with Crippen LogP contribution in [0.4, 0.5) is 5.69 Å². The molecule has 2 rings (SSSR count). The predicted molar refractivity (Wildman–Crippen MR) is 75.0 cm³/mol. The second kappa shape index (κ2) is 5.66. The second-order valence-electron chi connectivity index (χ2n) is 3.84. The van der Waals surface area contributed by atoms with Gasteiger partial charge in [-0.3, -0.25) is 5.84 Å². The Kier molecular flexibility index (Phi) is 4.15. The van der Waals surface area contributed by atoms with Gasteiger partial charge in [-0.05, 0) is 23.6 Å². The van der Waals surface area contributed by atoms with Gasteiger partial charge < -0.3 is 5.43 Å². The Morgan fingerprint density at radius 1 is 1.42 bits per heavy atom. The van der Waals surface area contributed by atoms with Crippen molar-refractivity contribution in [1.29, 1.82) is 0 Å². The molecule has 0 atom stereocenters. The molecule has 0 aliphatic carbocycles. The number of nitrogens with two attached hydrogens (primary N) is 1. The Hall–Kier alpha value is -1.48. The van der Waals surface area contributed by atoms with Crippen LogP contribution in [0.3, 0.4) is 0 Å². The summed E-state index contributed by atoms with van der Waals surface area (Å²) in [5.41, 5.74) is 2.63. The predicted octanol–water partition coefficient (Wildman–Crippen LogP) is 1.25. The van der Waals surface area contributed by atoms with Crippen molar-refractivity contribution in [3.63, 3.8) is 0 Å². The molecular formula is C11H14N4O2S2. The Balaban J connectivity index is 2.31. The average Bonchev–Trinajstić information content (AvgIpc) is 2.91. The maximum absolute atomic E-state index is 12.4. The van der Waals surface area contributed by atoms with Crippen molar-refractivity contribution in [1.82, 2.24) is 9.29 Å². The van der Waals surface area contributed by atoms with E-state index in [2.05, 4.69) is 10.4 Å². The van der Waals surface area contributed by atoms with E-state index in [9.17, 15) is 8.42 Å². The van der Waals surface area contributed by atoms with E-state index in [-0.39, 0.29) is 10.7 Å². The molecule has 2 aromatic rings. The largest absolute Gasteiger partial charge is 0.321 e. The van der Waals surface area contributed by atoms with Crippen LogP contribution in [0.25, 0.3) is 0 Å². The van der Waals surface area contributed by atoms with Crippen LogP contribution < -0.4 is 11.3 Å². The zero-order valence-corrected chi connectivity index (χ0v) is 11.9. The lowest BCUT2D eigenvalue weighted by atomic mass is 10.4. The molecule has 2 aromatic heterocycles. The minimum atomic E-state index is -3.67. The first-order valence-electron chi connectivity index (χ1n) is 5.46. The molecule has 0 saturated carbocycles. The van der Waals surface area contributed by atoms with Crippen LogP contribution in [0.1, 0.15) is 4.88 Å². The highest BCUT2D eigenvalue weighted by molar-refractivity contribution is 7.89. The van der Waals surface area contributed by atoms with Gasteiger partial charge in [0, 0.05) is 24.7 Å². The van der Waals surface area contributed by atoms with Crippen LogP contribution >= 0.6 is 11.3 Å². The van der Waals surface area contributed by atoms with Gasteiger partial charge in [0.2, 0.25) is 0 Å². The van der Waals surface area contributed by atoms with Crippen molar-refractivity contribution in [3.05, 3.63) is 40.7 Å². The molecule has 0 amide bonds. The molecule has 6 nitrogen and oxygen atoms in total. The molecular weight excluding hydrogens is 284 g/mol. The zero-order valence-electron chi connectivity index (χ0n) is 10.3. The van der Waals surface area contributed by atoms with Gasteiger partial charge >= 0.3 is 0 Å². The first-order chi connectivity index (χ1) is 9.05. The summed E-state index contributed by atoms with van der Waals surface area (Å²) in [5.74, 6) is 5.31. The summed E-state index contributed by atoms with van der Waals surface area (Å²) >= 11 is 1.51. The minimum absolute atomic E-state index is 0.0726. The molecule has 0 aliphatic heterocycles. The maximum Gasteiger partial charge on any atom is 0.262 e. The molecule has 0 aromatic carbocycles. The molecule has 102 valence electrons.